The molecule has 37 heavy (non-hydrogen) atoms. The van der Waals surface area contributed by atoms with Crippen LogP contribution in [0.25, 0.3) is 0 Å². The summed E-state index contributed by atoms with van der Waals surface area (Å²) in [5, 5.41) is 6.42. The lowest BCUT2D eigenvalue weighted by atomic mass is 10.1. The summed E-state index contributed by atoms with van der Waals surface area (Å²) in [7, 11) is -2.25. The highest BCUT2D eigenvalue weighted by Crippen LogP contribution is 2.36. The number of hydrogen-bond donors (Lipinski definition) is 2. The van der Waals surface area contributed by atoms with E-state index < -0.39 is 10.0 Å². The van der Waals surface area contributed by atoms with E-state index in [1.54, 1.807) is 38.0 Å². The second-order valence-corrected chi connectivity index (χ2v) is 11.6. The number of rotatable bonds is 9. The Morgan fingerprint density at radius 2 is 1.89 bits per heavy atom. The topological polar surface area (TPSA) is 120 Å². The number of nitrogens with one attached hydrogen (secondary N) is 2. The fourth-order valence-electron chi connectivity index (χ4n) is 4.94. The number of carbonyl (C=O) groups is 1. The molecule has 0 spiro atoms. The first-order valence-electron chi connectivity index (χ1n) is 12.6. The van der Waals surface area contributed by atoms with Gasteiger partial charge in [0.25, 0.3) is 5.91 Å². The van der Waals surface area contributed by atoms with Gasteiger partial charge in [-0.05, 0) is 49.9 Å². The molecule has 2 fully saturated rings. The lowest BCUT2D eigenvalue weighted by Crippen LogP contribution is -2.49. The van der Waals surface area contributed by atoms with Crippen molar-refractivity contribution in [3.05, 3.63) is 53.0 Å². The van der Waals surface area contributed by atoms with Crippen molar-refractivity contribution in [3.63, 3.8) is 0 Å². The molecular weight excluding hydrogens is 496 g/mol. The van der Waals surface area contributed by atoms with Crippen molar-refractivity contribution in [3.8, 4) is 5.75 Å². The Morgan fingerprint density at radius 1 is 1.19 bits per heavy atom. The van der Waals surface area contributed by atoms with Crippen LogP contribution in [-0.4, -0.2) is 86.0 Å². The second kappa shape index (κ2) is 10.3. The van der Waals surface area contributed by atoms with E-state index in [-0.39, 0.29) is 35.0 Å². The van der Waals surface area contributed by atoms with Crippen molar-refractivity contribution in [2.24, 2.45) is 0 Å². The van der Waals surface area contributed by atoms with Gasteiger partial charge in [-0.25, -0.2) is 13.4 Å². The fourth-order valence-corrected chi connectivity index (χ4v) is 6.99. The number of aryl methyl sites for hydroxylation is 2. The highest BCUT2D eigenvalue weighted by atomic mass is 32.2. The molecule has 1 saturated heterocycles. The summed E-state index contributed by atoms with van der Waals surface area (Å²) in [5.74, 6) is 0.637. The van der Waals surface area contributed by atoms with E-state index in [1.807, 2.05) is 6.20 Å². The van der Waals surface area contributed by atoms with Gasteiger partial charge in [-0.15, -0.1) is 0 Å². The minimum Gasteiger partial charge on any atom is -0.497 e. The molecule has 0 unspecified atom stereocenters. The number of benzene rings is 1. The summed E-state index contributed by atoms with van der Waals surface area (Å²) in [4.78, 5) is 21.8. The molecule has 1 aliphatic carbocycles. The summed E-state index contributed by atoms with van der Waals surface area (Å²) in [5.41, 5.74) is 2.61. The molecule has 0 bridgehead atoms. The largest absolute Gasteiger partial charge is 0.497 e. The minimum absolute atomic E-state index is 0.0187. The van der Waals surface area contributed by atoms with Crippen molar-refractivity contribution in [2.75, 3.05) is 46.5 Å². The van der Waals surface area contributed by atoms with Gasteiger partial charge in [0.15, 0.2) is 5.69 Å². The van der Waals surface area contributed by atoms with Gasteiger partial charge < -0.3 is 24.7 Å². The van der Waals surface area contributed by atoms with Crippen LogP contribution in [0.5, 0.6) is 5.75 Å². The molecule has 1 saturated carbocycles. The number of sulfonamides is 1. The number of piperazine rings is 1. The van der Waals surface area contributed by atoms with Gasteiger partial charge in [-0.3, -0.25) is 9.69 Å². The molecule has 12 heteroatoms. The number of amides is 1. The smallest absolute Gasteiger partial charge is 0.275 e. The first-order chi connectivity index (χ1) is 17.8. The maximum atomic E-state index is 13.7. The maximum absolute atomic E-state index is 13.7. The fraction of sp³-hybridized carbons (Fsp3) is 0.520. The van der Waals surface area contributed by atoms with E-state index in [4.69, 9.17) is 9.15 Å². The lowest BCUT2D eigenvalue weighted by molar-refractivity contribution is 0.0640. The van der Waals surface area contributed by atoms with Crippen molar-refractivity contribution < 1.29 is 22.4 Å². The number of aromatic nitrogens is 1. The Morgan fingerprint density at radius 3 is 2.49 bits per heavy atom. The number of oxazole rings is 1. The van der Waals surface area contributed by atoms with E-state index in [0.29, 0.717) is 30.0 Å². The maximum Gasteiger partial charge on any atom is 0.275 e. The molecule has 5 rings (SSSR count). The van der Waals surface area contributed by atoms with Crippen LogP contribution in [-0.2, 0) is 16.6 Å². The standard InChI is InChI=1S/C25H34N6O5S/c1-17-10-21(35-3)11-18(2)24(17)37(33,34)31(20-4-5-20)14-23-28-22(15-36-23)25(32)30-8-6-29(7-9-30)13-19-12-26-16-27-19/h10-12,15,20,26-27H,4-9,13-14,16H2,1-3H3. The van der Waals surface area contributed by atoms with E-state index in [0.717, 1.165) is 44.8 Å². The molecule has 3 heterocycles. The van der Waals surface area contributed by atoms with E-state index in [9.17, 15) is 13.2 Å². The van der Waals surface area contributed by atoms with E-state index >= 15 is 0 Å². The van der Waals surface area contributed by atoms with Crippen LogP contribution in [0.15, 0.2) is 39.6 Å². The molecule has 3 aliphatic rings. The Bertz CT molecular complexity index is 1270. The SMILES string of the molecule is COc1cc(C)c(S(=O)(=O)N(Cc2nc(C(=O)N3CCN(CC4=CNCN4)CC3)co2)C2CC2)c(C)c1. The third kappa shape index (κ3) is 5.46. The molecule has 1 aromatic carbocycles. The van der Waals surface area contributed by atoms with Crippen LogP contribution in [0.1, 0.15) is 40.3 Å². The van der Waals surface area contributed by atoms with Crippen LogP contribution >= 0.6 is 0 Å². The normalized spacial score (nSPS) is 18.5. The number of hydrogen-bond acceptors (Lipinski definition) is 9. The summed E-state index contributed by atoms with van der Waals surface area (Å²) in [6.45, 7) is 7.83. The highest BCUT2D eigenvalue weighted by molar-refractivity contribution is 7.89. The average molecular weight is 531 g/mol. The predicted octanol–water partition coefficient (Wildman–Crippen LogP) is 1.40. The van der Waals surface area contributed by atoms with Crippen LogP contribution < -0.4 is 15.4 Å². The molecule has 2 aromatic rings. The molecule has 1 aromatic heterocycles. The van der Waals surface area contributed by atoms with Gasteiger partial charge in [0.1, 0.15) is 12.0 Å². The van der Waals surface area contributed by atoms with Crippen molar-refractivity contribution in [1.82, 2.24) is 29.7 Å². The van der Waals surface area contributed by atoms with Crippen LogP contribution in [0.4, 0.5) is 0 Å². The molecule has 2 N–H and O–H groups in total. The van der Waals surface area contributed by atoms with Crippen molar-refractivity contribution >= 4 is 15.9 Å². The first kappa shape index (κ1) is 25.6. The van der Waals surface area contributed by atoms with Crippen LogP contribution in [0, 0.1) is 13.8 Å². The van der Waals surface area contributed by atoms with Gasteiger partial charge in [0, 0.05) is 50.7 Å². The monoisotopic (exact) mass is 530 g/mol. The molecule has 0 atom stereocenters. The molecule has 11 nitrogen and oxygen atoms in total. The van der Waals surface area contributed by atoms with Crippen LogP contribution in [0.2, 0.25) is 0 Å². The third-order valence-electron chi connectivity index (χ3n) is 7.00. The zero-order valence-corrected chi connectivity index (χ0v) is 22.3. The molecule has 200 valence electrons. The van der Waals surface area contributed by atoms with Crippen molar-refractivity contribution in [1.29, 1.82) is 0 Å². The van der Waals surface area contributed by atoms with Gasteiger partial charge in [-0.1, -0.05) is 0 Å². The van der Waals surface area contributed by atoms with Crippen molar-refractivity contribution in [2.45, 2.75) is 44.2 Å². The average Bonchev–Trinajstić information content (AvgIpc) is 3.36. The number of nitrogens with zero attached hydrogens (tertiary/aromatic N) is 4. The second-order valence-electron chi connectivity index (χ2n) is 9.79. The Balaban J connectivity index is 1.26. The van der Waals surface area contributed by atoms with Gasteiger partial charge >= 0.3 is 0 Å². The Labute approximate surface area is 217 Å². The lowest BCUT2D eigenvalue weighted by Gasteiger charge is -2.34. The Hall–Kier alpha value is -3.09. The summed E-state index contributed by atoms with van der Waals surface area (Å²) < 4.78 is 39.8. The predicted molar refractivity (Wildman–Crippen MR) is 136 cm³/mol. The summed E-state index contributed by atoms with van der Waals surface area (Å²) >= 11 is 0. The molecule has 0 radical (unpaired) electrons. The van der Waals surface area contributed by atoms with Gasteiger partial charge in [-0.2, -0.15) is 4.31 Å². The molecule has 2 aliphatic heterocycles. The minimum atomic E-state index is -3.81. The van der Waals surface area contributed by atoms with Crippen LogP contribution in [0.3, 0.4) is 0 Å². The zero-order valence-electron chi connectivity index (χ0n) is 21.5. The number of ether oxygens (including phenoxy) is 1. The summed E-state index contributed by atoms with van der Waals surface area (Å²) in [6.07, 6.45) is 4.89. The quantitative estimate of drug-likeness (QED) is 0.496. The van der Waals surface area contributed by atoms with E-state index in [2.05, 4.69) is 20.5 Å². The summed E-state index contributed by atoms with van der Waals surface area (Å²) in [6, 6.07) is 3.35. The first-order valence-corrected chi connectivity index (χ1v) is 14.0. The van der Waals surface area contributed by atoms with Gasteiger partial charge in [0.05, 0.1) is 25.2 Å². The number of carbonyl (C=O) groups excluding carboxylic acids is 1. The Kier molecular flexibility index (Phi) is 7.15. The van der Waals surface area contributed by atoms with E-state index in [1.165, 1.54) is 10.6 Å². The zero-order chi connectivity index (χ0) is 26.2. The van der Waals surface area contributed by atoms with Gasteiger partial charge in [0.2, 0.25) is 15.9 Å². The molecular formula is C25H34N6O5S. The third-order valence-corrected chi connectivity index (χ3v) is 9.20. The number of methoxy groups -OCH3 is 1. The highest BCUT2D eigenvalue weighted by Gasteiger charge is 2.40. The molecule has 1 amide bonds.